The Balaban J connectivity index is 1.55. The van der Waals surface area contributed by atoms with Gasteiger partial charge >= 0.3 is 0 Å². The fourth-order valence-electron chi connectivity index (χ4n) is 4.29. The lowest BCUT2D eigenvalue weighted by Crippen LogP contribution is -2.40. The van der Waals surface area contributed by atoms with Crippen LogP contribution in [-0.4, -0.2) is 87.9 Å². The molecule has 0 aliphatic carbocycles. The third-order valence-corrected chi connectivity index (χ3v) is 5.49. The van der Waals surface area contributed by atoms with Crippen LogP contribution in [0.25, 0.3) is 0 Å². The van der Waals surface area contributed by atoms with Crippen molar-refractivity contribution >= 4 is 5.96 Å². The Morgan fingerprint density at radius 2 is 1.67 bits per heavy atom. The van der Waals surface area contributed by atoms with Gasteiger partial charge in [0.15, 0.2) is 5.96 Å². The van der Waals surface area contributed by atoms with Gasteiger partial charge in [-0.05, 0) is 51.0 Å². The van der Waals surface area contributed by atoms with Gasteiger partial charge < -0.3 is 20.3 Å². The van der Waals surface area contributed by atoms with Gasteiger partial charge in [-0.25, -0.2) is 0 Å². The normalized spacial score (nSPS) is 25.5. The third kappa shape index (κ3) is 9.77. The lowest BCUT2D eigenvalue weighted by Gasteiger charge is -2.34. The van der Waals surface area contributed by atoms with Crippen LogP contribution in [0, 0.1) is 11.8 Å². The minimum Gasteiger partial charge on any atom is -0.379 e. The summed E-state index contributed by atoms with van der Waals surface area (Å²) in [7, 11) is 0. The Bertz CT molecular complexity index is 401. The van der Waals surface area contributed by atoms with Gasteiger partial charge in [-0.2, -0.15) is 0 Å². The number of hydrogen-bond acceptors (Lipinski definition) is 4. The van der Waals surface area contributed by atoms with E-state index in [0.717, 1.165) is 76.7 Å². The van der Waals surface area contributed by atoms with Gasteiger partial charge in [-0.1, -0.05) is 13.8 Å². The maximum atomic E-state index is 5.40. The Hall–Kier alpha value is -0.850. The number of guanidine groups is 1. The molecule has 0 bridgehead atoms. The summed E-state index contributed by atoms with van der Waals surface area (Å²) < 4.78 is 5.40. The summed E-state index contributed by atoms with van der Waals surface area (Å²) in [6, 6.07) is 0. The second kappa shape index (κ2) is 13.3. The summed E-state index contributed by atoms with van der Waals surface area (Å²) >= 11 is 0. The summed E-state index contributed by atoms with van der Waals surface area (Å²) in [5.74, 6) is 2.69. The molecular formula is C21H43N5O. The monoisotopic (exact) mass is 381 g/mol. The van der Waals surface area contributed by atoms with E-state index >= 15 is 0 Å². The van der Waals surface area contributed by atoms with E-state index in [2.05, 4.69) is 41.2 Å². The molecule has 2 aliphatic heterocycles. The van der Waals surface area contributed by atoms with Crippen LogP contribution in [0.15, 0.2) is 4.99 Å². The van der Waals surface area contributed by atoms with Gasteiger partial charge in [-0.3, -0.25) is 9.89 Å². The molecule has 2 atom stereocenters. The predicted octanol–water partition coefficient (Wildman–Crippen LogP) is 2.02. The molecule has 27 heavy (non-hydrogen) atoms. The van der Waals surface area contributed by atoms with Crippen molar-refractivity contribution < 1.29 is 4.74 Å². The highest BCUT2D eigenvalue weighted by Crippen LogP contribution is 2.20. The van der Waals surface area contributed by atoms with Crippen molar-refractivity contribution in [2.24, 2.45) is 16.8 Å². The molecule has 0 aromatic heterocycles. The summed E-state index contributed by atoms with van der Waals surface area (Å²) in [6.07, 6.45) is 4.98. The highest BCUT2D eigenvalue weighted by molar-refractivity contribution is 5.79. The standard InChI is InChI=1S/C21H43N5O/c1-4-22-21(24-9-7-11-25-12-14-27-15-13-25)23-8-5-6-10-26-17-19(2)16-20(3)18-26/h19-20H,4-18H2,1-3H3,(H2,22,23,24). The molecule has 2 aliphatic rings. The van der Waals surface area contributed by atoms with E-state index in [1.165, 1.54) is 38.9 Å². The first-order valence-corrected chi connectivity index (χ1v) is 11.2. The van der Waals surface area contributed by atoms with Gasteiger partial charge in [0.2, 0.25) is 0 Å². The second-order valence-corrected chi connectivity index (χ2v) is 8.41. The minimum absolute atomic E-state index is 0.858. The molecule has 2 rings (SSSR count). The van der Waals surface area contributed by atoms with Crippen LogP contribution < -0.4 is 10.6 Å². The summed E-state index contributed by atoms with van der Waals surface area (Å²) in [6.45, 7) is 18.5. The van der Waals surface area contributed by atoms with E-state index in [0.29, 0.717) is 0 Å². The Morgan fingerprint density at radius 3 is 2.37 bits per heavy atom. The Labute approximate surface area is 167 Å². The minimum atomic E-state index is 0.858. The van der Waals surface area contributed by atoms with Crippen LogP contribution in [-0.2, 0) is 4.74 Å². The van der Waals surface area contributed by atoms with Crippen molar-refractivity contribution in [2.45, 2.75) is 46.5 Å². The van der Waals surface area contributed by atoms with E-state index in [4.69, 9.17) is 9.73 Å². The first-order valence-electron chi connectivity index (χ1n) is 11.2. The molecule has 2 heterocycles. The molecule has 158 valence electrons. The quantitative estimate of drug-likeness (QED) is 0.344. The number of nitrogens with zero attached hydrogens (tertiary/aromatic N) is 3. The largest absolute Gasteiger partial charge is 0.379 e. The number of morpholine rings is 1. The average molecular weight is 382 g/mol. The van der Waals surface area contributed by atoms with Crippen molar-refractivity contribution in [1.82, 2.24) is 20.4 Å². The van der Waals surface area contributed by atoms with Gasteiger partial charge in [0.05, 0.1) is 13.2 Å². The molecule has 0 aromatic rings. The zero-order valence-corrected chi connectivity index (χ0v) is 18.0. The number of unbranched alkanes of at least 4 members (excludes halogenated alkanes) is 1. The predicted molar refractivity (Wildman–Crippen MR) is 114 cm³/mol. The average Bonchev–Trinajstić information content (AvgIpc) is 2.65. The highest BCUT2D eigenvalue weighted by atomic mass is 16.5. The van der Waals surface area contributed by atoms with Crippen LogP contribution in [0.5, 0.6) is 0 Å². The zero-order valence-electron chi connectivity index (χ0n) is 18.0. The van der Waals surface area contributed by atoms with Crippen molar-refractivity contribution in [3.63, 3.8) is 0 Å². The zero-order chi connectivity index (χ0) is 19.3. The maximum absolute atomic E-state index is 5.40. The lowest BCUT2D eigenvalue weighted by molar-refractivity contribution is 0.0377. The van der Waals surface area contributed by atoms with Crippen LogP contribution >= 0.6 is 0 Å². The molecule has 6 nitrogen and oxygen atoms in total. The number of piperidine rings is 1. The van der Waals surface area contributed by atoms with E-state index in [1.54, 1.807) is 0 Å². The smallest absolute Gasteiger partial charge is 0.191 e. The van der Waals surface area contributed by atoms with E-state index in [-0.39, 0.29) is 0 Å². The van der Waals surface area contributed by atoms with Gasteiger partial charge in [0, 0.05) is 52.4 Å². The molecule has 0 aromatic carbocycles. The first kappa shape index (κ1) is 22.4. The fourth-order valence-corrected chi connectivity index (χ4v) is 4.29. The highest BCUT2D eigenvalue weighted by Gasteiger charge is 2.20. The van der Waals surface area contributed by atoms with Gasteiger partial charge in [0.1, 0.15) is 0 Å². The lowest BCUT2D eigenvalue weighted by atomic mass is 9.92. The summed E-state index contributed by atoms with van der Waals surface area (Å²) in [5.41, 5.74) is 0. The molecule has 0 saturated carbocycles. The molecule has 2 saturated heterocycles. The molecule has 2 N–H and O–H groups in total. The Kier molecular flexibility index (Phi) is 11.1. The number of ether oxygens (including phenoxy) is 1. The molecule has 0 amide bonds. The second-order valence-electron chi connectivity index (χ2n) is 8.41. The summed E-state index contributed by atoms with van der Waals surface area (Å²) in [4.78, 5) is 9.86. The van der Waals surface area contributed by atoms with Crippen molar-refractivity contribution in [1.29, 1.82) is 0 Å². The van der Waals surface area contributed by atoms with Gasteiger partial charge in [-0.15, -0.1) is 0 Å². The van der Waals surface area contributed by atoms with Crippen LogP contribution in [0.1, 0.15) is 46.5 Å². The van der Waals surface area contributed by atoms with Crippen molar-refractivity contribution in [3.8, 4) is 0 Å². The first-order chi connectivity index (χ1) is 13.2. The van der Waals surface area contributed by atoms with Crippen molar-refractivity contribution in [2.75, 3.05) is 72.1 Å². The van der Waals surface area contributed by atoms with E-state index < -0.39 is 0 Å². The number of hydrogen-bond donors (Lipinski definition) is 2. The number of likely N-dealkylation sites (tertiary alicyclic amines) is 1. The number of nitrogens with one attached hydrogen (secondary N) is 2. The van der Waals surface area contributed by atoms with Crippen LogP contribution in [0.2, 0.25) is 0 Å². The molecular weight excluding hydrogens is 338 g/mol. The third-order valence-electron chi connectivity index (χ3n) is 5.49. The van der Waals surface area contributed by atoms with E-state index in [9.17, 15) is 0 Å². The molecule has 2 fully saturated rings. The molecule has 2 unspecified atom stereocenters. The number of aliphatic imine (C=N–C) groups is 1. The SMILES string of the molecule is CCNC(=NCCCN1CCOCC1)NCCCCN1CC(C)CC(C)C1. The topological polar surface area (TPSA) is 52.1 Å². The fraction of sp³-hybridized carbons (Fsp3) is 0.952. The number of rotatable bonds is 10. The molecule has 6 heteroatoms. The maximum Gasteiger partial charge on any atom is 0.191 e. The van der Waals surface area contributed by atoms with E-state index in [1.807, 2.05) is 0 Å². The van der Waals surface area contributed by atoms with Gasteiger partial charge in [0.25, 0.3) is 0 Å². The van der Waals surface area contributed by atoms with Crippen LogP contribution in [0.4, 0.5) is 0 Å². The molecule has 0 radical (unpaired) electrons. The van der Waals surface area contributed by atoms with Crippen molar-refractivity contribution in [3.05, 3.63) is 0 Å². The summed E-state index contributed by atoms with van der Waals surface area (Å²) in [5, 5.41) is 6.87. The van der Waals surface area contributed by atoms with Crippen LogP contribution in [0.3, 0.4) is 0 Å². The Morgan fingerprint density at radius 1 is 0.963 bits per heavy atom. The molecule has 0 spiro atoms.